The molecule has 1 atom stereocenters. The minimum Gasteiger partial charge on any atom is -0.313 e. The normalized spacial score (nSPS) is 17.4. The Morgan fingerprint density at radius 3 is 2.94 bits per heavy atom. The number of hydrogen-bond acceptors (Lipinski definition) is 2. The molecule has 0 radical (unpaired) electrons. The molecule has 2 nitrogen and oxygen atoms in total. The van der Waals surface area contributed by atoms with Crippen molar-refractivity contribution in [2.24, 2.45) is 5.92 Å². The maximum atomic E-state index is 4.21. The van der Waals surface area contributed by atoms with E-state index in [4.69, 9.17) is 0 Å². The van der Waals surface area contributed by atoms with Gasteiger partial charge in [-0.05, 0) is 49.4 Å². The average molecular weight is 218 g/mol. The minimum absolute atomic E-state index is 0.513. The lowest BCUT2D eigenvalue weighted by Gasteiger charge is -2.19. The molecule has 1 aliphatic rings. The van der Waals surface area contributed by atoms with E-state index in [-0.39, 0.29) is 0 Å². The van der Waals surface area contributed by atoms with Crippen LogP contribution < -0.4 is 5.32 Å². The molecule has 88 valence electrons. The second-order valence-electron chi connectivity index (χ2n) is 4.79. The number of pyridine rings is 1. The van der Waals surface area contributed by atoms with E-state index in [9.17, 15) is 0 Å². The Kier molecular flexibility index (Phi) is 3.94. The van der Waals surface area contributed by atoms with Gasteiger partial charge in [0.1, 0.15) is 0 Å². The lowest BCUT2D eigenvalue weighted by molar-refractivity contribution is 0.503. The van der Waals surface area contributed by atoms with Crippen LogP contribution >= 0.6 is 0 Å². The van der Waals surface area contributed by atoms with Crippen LogP contribution in [0.3, 0.4) is 0 Å². The molecule has 0 spiro atoms. The largest absolute Gasteiger partial charge is 0.313 e. The van der Waals surface area contributed by atoms with Crippen molar-refractivity contribution in [3.05, 3.63) is 29.6 Å². The minimum atomic E-state index is 0.513. The number of rotatable bonds is 6. The predicted molar refractivity (Wildman–Crippen MR) is 67.4 cm³/mol. The van der Waals surface area contributed by atoms with Gasteiger partial charge in [0.15, 0.2) is 0 Å². The highest BCUT2D eigenvalue weighted by atomic mass is 14.9. The lowest BCUT2D eigenvalue weighted by atomic mass is 9.96. The fourth-order valence-corrected chi connectivity index (χ4v) is 2.34. The number of nitrogens with zero attached hydrogens (tertiary/aromatic N) is 1. The first-order valence-electron chi connectivity index (χ1n) is 6.45. The van der Waals surface area contributed by atoms with Crippen molar-refractivity contribution < 1.29 is 0 Å². The molecule has 2 rings (SSSR count). The third-order valence-corrected chi connectivity index (χ3v) is 3.61. The zero-order valence-corrected chi connectivity index (χ0v) is 10.4. The van der Waals surface area contributed by atoms with Gasteiger partial charge >= 0.3 is 0 Å². The van der Waals surface area contributed by atoms with Crippen LogP contribution in [0, 0.1) is 5.92 Å². The van der Waals surface area contributed by atoms with Gasteiger partial charge in [-0.15, -0.1) is 0 Å². The summed E-state index contributed by atoms with van der Waals surface area (Å²) in [4.78, 5) is 4.21. The molecule has 1 aromatic rings. The summed E-state index contributed by atoms with van der Waals surface area (Å²) in [6, 6.07) is 2.69. The molecule has 1 aromatic heterocycles. The van der Waals surface area contributed by atoms with Gasteiger partial charge in [-0.2, -0.15) is 0 Å². The Morgan fingerprint density at radius 2 is 2.31 bits per heavy atom. The van der Waals surface area contributed by atoms with Crippen LogP contribution in [0.2, 0.25) is 0 Å². The Morgan fingerprint density at radius 1 is 1.50 bits per heavy atom. The maximum Gasteiger partial charge on any atom is 0.0321 e. The Balaban J connectivity index is 2.04. The molecule has 2 heteroatoms. The van der Waals surface area contributed by atoms with Crippen molar-refractivity contribution >= 4 is 0 Å². The van der Waals surface area contributed by atoms with Gasteiger partial charge in [0.2, 0.25) is 0 Å². The van der Waals surface area contributed by atoms with Crippen LogP contribution in [0.15, 0.2) is 18.5 Å². The van der Waals surface area contributed by atoms with Crippen molar-refractivity contribution in [3.8, 4) is 0 Å². The molecule has 0 amide bonds. The van der Waals surface area contributed by atoms with Crippen molar-refractivity contribution in [1.82, 2.24) is 10.3 Å². The highest BCUT2D eigenvalue weighted by molar-refractivity contribution is 5.26. The first-order chi connectivity index (χ1) is 7.85. The second kappa shape index (κ2) is 5.44. The predicted octanol–water partition coefficient (Wildman–Crippen LogP) is 3.09. The van der Waals surface area contributed by atoms with E-state index in [2.05, 4.69) is 30.3 Å². The van der Waals surface area contributed by atoms with Crippen molar-refractivity contribution in [1.29, 1.82) is 0 Å². The van der Waals surface area contributed by atoms with Crippen molar-refractivity contribution in [2.45, 2.75) is 45.1 Å². The van der Waals surface area contributed by atoms with E-state index in [1.807, 2.05) is 12.4 Å². The van der Waals surface area contributed by atoms with Gasteiger partial charge in [0, 0.05) is 18.4 Å². The summed E-state index contributed by atoms with van der Waals surface area (Å²) in [6.45, 7) is 2.20. The summed E-state index contributed by atoms with van der Waals surface area (Å²) in [6.07, 6.45) is 10.5. The molecule has 0 saturated heterocycles. The van der Waals surface area contributed by atoms with Crippen molar-refractivity contribution in [3.63, 3.8) is 0 Å². The fourth-order valence-electron chi connectivity index (χ4n) is 2.34. The monoisotopic (exact) mass is 218 g/mol. The topological polar surface area (TPSA) is 24.9 Å². The molecule has 1 N–H and O–H groups in total. The van der Waals surface area contributed by atoms with E-state index in [0.29, 0.717) is 6.04 Å². The summed E-state index contributed by atoms with van der Waals surface area (Å²) in [5, 5.41) is 3.45. The van der Waals surface area contributed by atoms with E-state index >= 15 is 0 Å². The SMILES string of the molecule is CCc1cnccc1C(CCC1CC1)NC. The summed E-state index contributed by atoms with van der Waals surface area (Å²) in [5.41, 5.74) is 2.83. The zero-order valence-electron chi connectivity index (χ0n) is 10.4. The lowest BCUT2D eigenvalue weighted by Crippen LogP contribution is -2.18. The molecule has 1 fully saturated rings. The zero-order chi connectivity index (χ0) is 11.4. The van der Waals surface area contributed by atoms with Crippen LogP contribution in [-0.2, 0) is 6.42 Å². The summed E-state index contributed by atoms with van der Waals surface area (Å²) >= 11 is 0. The molecule has 1 unspecified atom stereocenters. The molecule has 16 heavy (non-hydrogen) atoms. The third-order valence-electron chi connectivity index (χ3n) is 3.61. The Hall–Kier alpha value is -0.890. The van der Waals surface area contributed by atoms with E-state index in [0.717, 1.165) is 12.3 Å². The molecule has 1 aliphatic carbocycles. The average Bonchev–Trinajstić information content (AvgIpc) is 3.14. The molecule has 1 saturated carbocycles. The fraction of sp³-hybridized carbons (Fsp3) is 0.643. The maximum absolute atomic E-state index is 4.21. The van der Waals surface area contributed by atoms with Gasteiger partial charge in [-0.1, -0.05) is 19.8 Å². The quantitative estimate of drug-likeness (QED) is 0.793. The highest BCUT2D eigenvalue weighted by Crippen LogP contribution is 2.36. The number of nitrogens with one attached hydrogen (secondary N) is 1. The molecule has 1 heterocycles. The van der Waals surface area contributed by atoms with Gasteiger partial charge in [-0.3, -0.25) is 4.98 Å². The number of aryl methyl sites for hydroxylation is 1. The number of aromatic nitrogens is 1. The molecule has 0 aliphatic heterocycles. The number of hydrogen-bond donors (Lipinski definition) is 1. The highest BCUT2D eigenvalue weighted by Gasteiger charge is 2.23. The molecule has 0 bridgehead atoms. The second-order valence-corrected chi connectivity index (χ2v) is 4.79. The van der Waals surface area contributed by atoms with Crippen LogP contribution in [0.25, 0.3) is 0 Å². The standard InChI is InChI=1S/C14H22N2/c1-3-12-10-16-9-8-13(12)14(15-2)7-6-11-4-5-11/h8-11,14-15H,3-7H2,1-2H3. The summed E-state index contributed by atoms with van der Waals surface area (Å²) in [5.74, 6) is 1.02. The summed E-state index contributed by atoms with van der Waals surface area (Å²) in [7, 11) is 2.07. The van der Waals surface area contributed by atoms with Gasteiger partial charge in [0.05, 0.1) is 0 Å². The first kappa shape index (κ1) is 11.6. The Labute approximate surface area is 98.5 Å². The van der Waals surface area contributed by atoms with Gasteiger partial charge in [0.25, 0.3) is 0 Å². The first-order valence-corrected chi connectivity index (χ1v) is 6.45. The van der Waals surface area contributed by atoms with Crippen molar-refractivity contribution in [2.75, 3.05) is 7.05 Å². The van der Waals surface area contributed by atoms with Gasteiger partial charge < -0.3 is 5.32 Å². The summed E-state index contributed by atoms with van der Waals surface area (Å²) < 4.78 is 0. The van der Waals surface area contributed by atoms with Gasteiger partial charge in [-0.25, -0.2) is 0 Å². The van der Waals surface area contributed by atoms with E-state index in [1.165, 1.54) is 36.8 Å². The van der Waals surface area contributed by atoms with Crippen LogP contribution in [0.1, 0.15) is 49.8 Å². The van der Waals surface area contributed by atoms with Crippen LogP contribution in [0.4, 0.5) is 0 Å². The smallest absolute Gasteiger partial charge is 0.0321 e. The van der Waals surface area contributed by atoms with Crippen LogP contribution in [0.5, 0.6) is 0 Å². The van der Waals surface area contributed by atoms with E-state index in [1.54, 1.807) is 0 Å². The molecular weight excluding hydrogens is 196 g/mol. The Bertz CT molecular complexity index is 331. The molecular formula is C14H22N2. The van der Waals surface area contributed by atoms with E-state index < -0.39 is 0 Å². The third kappa shape index (κ3) is 2.82. The van der Waals surface area contributed by atoms with Crippen LogP contribution in [-0.4, -0.2) is 12.0 Å². The molecule has 0 aromatic carbocycles.